The van der Waals surface area contributed by atoms with Crippen molar-refractivity contribution in [3.8, 4) is 17.2 Å². The molecule has 162 valence electrons. The molecule has 1 unspecified atom stereocenters. The highest BCUT2D eigenvalue weighted by molar-refractivity contribution is 5.38. The monoisotopic (exact) mass is 422 g/mol. The number of rotatable bonds is 11. The Bertz CT molecular complexity index is 957. The smallest absolute Gasteiger partial charge is 0.153 e. The third-order valence-electron chi connectivity index (χ3n) is 4.74. The largest absolute Gasteiger partial charge is 0.497 e. The summed E-state index contributed by atoms with van der Waals surface area (Å²) in [6.45, 7) is 6.25. The first kappa shape index (κ1) is 22.4. The van der Waals surface area contributed by atoms with E-state index in [0.29, 0.717) is 23.7 Å². The van der Waals surface area contributed by atoms with Crippen molar-refractivity contribution in [1.82, 2.24) is 0 Å². The molecule has 3 aromatic rings. The Kier molecular flexibility index (Phi) is 8.07. The normalized spacial score (nSPS) is 12.6. The molecular weight excluding hydrogens is 395 g/mol. The van der Waals surface area contributed by atoms with Crippen LogP contribution in [0.4, 0.5) is 4.39 Å². The minimum absolute atomic E-state index is 0.260. The van der Waals surface area contributed by atoms with Gasteiger partial charge in [0.15, 0.2) is 6.10 Å². The molecule has 0 saturated heterocycles. The third kappa shape index (κ3) is 6.33. The molecule has 0 aliphatic carbocycles. The molecule has 0 radical (unpaired) electrons. The average molecular weight is 422 g/mol. The fraction of sp³-hybridized carbons (Fsp3) is 0.231. The predicted molar refractivity (Wildman–Crippen MR) is 119 cm³/mol. The van der Waals surface area contributed by atoms with Crippen LogP contribution in [0.5, 0.6) is 17.2 Å². The lowest BCUT2D eigenvalue weighted by Gasteiger charge is -2.27. The van der Waals surface area contributed by atoms with Crippen LogP contribution in [0.2, 0.25) is 0 Å². The number of para-hydroxylation sites is 1. The minimum Gasteiger partial charge on any atom is -0.497 e. The van der Waals surface area contributed by atoms with E-state index in [9.17, 15) is 4.39 Å². The van der Waals surface area contributed by atoms with Gasteiger partial charge >= 0.3 is 0 Å². The summed E-state index contributed by atoms with van der Waals surface area (Å²) in [6.07, 6.45) is 0.755. The van der Waals surface area contributed by atoms with Gasteiger partial charge in [0.25, 0.3) is 0 Å². The molecule has 2 atom stereocenters. The van der Waals surface area contributed by atoms with Crippen LogP contribution < -0.4 is 14.2 Å². The van der Waals surface area contributed by atoms with Crippen molar-refractivity contribution in [2.24, 2.45) is 0 Å². The van der Waals surface area contributed by atoms with Crippen LogP contribution in [-0.2, 0) is 11.3 Å². The molecule has 0 heterocycles. The second kappa shape index (κ2) is 11.2. The average Bonchev–Trinajstić information content (AvgIpc) is 2.81. The lowest BCUT2D eigenvalue weighted by molar-refractivity contribution is -0.0260. The van der Waals surface area contributed by atoms with Crippen molar-refractivity contribution in [2.45, 2.75) is 25.7 Å². The Labute approximate surface area is 182 Å². The fourth-order valence-electron chi connectivity index (χ4n) is 3.11. The maximum atomic E-state index is 13.9. The third-order valence-corrected chi connectivity index (χ3v) is 4.74. The lowest BCUT2D eigenvalue weighted by atomic mass is 10.0. The molecule has 3 rings (SSSR count). The van der Waals surface area contributed by atoms with Crippen LogP contribution in [0, 0.1) is 5.82 Å². The molecule has 0 aromatic heterocycles. The van der Waals surface area contributed by atoms with Crippen molar-refractivity contribution in [2.75, 3.05) is 13.7 Å². The summed E-state index contributed by atoms with van der Waals surface area (Å²) in [6, 6.07) is 21.6. The molecule has 31 heavy (non-hydrogen) atoms. The summed E-state index contributed by atoms with van der Waals surface area (Å²) in [5.41, 5.74) is 1.71. The first-order chi connectivity index (χ1) is 15.1. The first-order valence-electron chi connectivity index (χ1n) is 10.1. The van der Waals surface area contributed by atoms with E-state index >= 15 is 0 Å². The van der Waals surface area contributed by atoms with Gasteiger partial charge in [0.2, 0.25) is 0 Å². The van der Waals surface area contributed by atoms with Gasteiger partial charge in [0.1, 0.15) is 29.7 Å². The molecule has 0 aliphatic rings. The summed E-state index contributed by atoms with van der Waals surface area (Å²) < 4.78 is 37.2. The quantitative estimate of drug-likeness (QED) is 0.349. The van der Waals surface area contributed by atoms with Crippen LogP contribution in [-0.4, -0.2) is 19.8 Å². The van der Waals surface area contributed by atoms with Gasteiger partial charge in [-0.05, 0) is 48.9 Å². The molecule has 0 spiro atoms. The summed E-state index contributed by atoms with van der Waals surface area (Å²) in [5, 5.41) is 0. The number of ether oxygens (including phenoxy) is 4. The van der Waals surface area contributed by atoms with E-state index in [1.165, 1.54) is 12.1 Å². The molecule has 0 aliphatic heterocycles. The molecular formula is C26H27FO4. The van der Waals surface area contributed by atoms with Gasteiger partial charge in [-0.15, -0.1) is 0 Å². The van der Waals surface area contributed by atoms with Crippen molar-refractivity contribution in [3.05, 3.63) is 102 Å². The van der Waals surface area contributed by atoms with Crippen LogP contribution in [0.1, 0.15) is 24.2 Å². The predicted octanol–water partition coefficient (Wildman–Crippen LogP) is 6.12. The summed E-state index contributed by atoms with van der Waals surface area (Å²) in [7, 11) is 1.63. The Morgan fingerprint density at radius 1 is 0.968 bits per heavy atom. The van der Waals surface area contributed by atoms with Crippen molar-refractivity contribution >= 4 is 0 Å². The van der Waals surface area contributed by atoms with E-state index in [-0.39, 0.29) is 18.5 Å². The van der Waals surface area contributed by atoms with Gasteiger partial charge in [-0.3, -0.25) is 0 Å². The zero-order valence-electron chi connectivity index (χ0n) is 17.8. The molecule has 0 amide bonds. The zero-order chi connectivity index (χ0) is 22.1. The molecule has 0 bridgehead atoms. The Balaban J connectivity index is 1.84. The maximum Gasteiger partial charge on any atom is 0.153 e. The van der Waals surface area contributed by atoms with Crippen molar-refractivity contribution < 1.29 is 23.3 Å². The van der Waals surface area contributed by atoms with E-state index in [1.807, 2.05) is 61.5 Å². The summed E-state index contributed by atoms with van der Waals surface area (Å²) in [4.78, 5) is 0. The Morgan fingerprint density at radius 3 is 2.39 bits per heavy atom. The lowest BCUT2D eigenvalue weighted by Crippen LogP contribution is -2.25. The molecule has 0 N–H and O–H groups in total. The maximum absolute atomic E-state index is 13.9. The standard InChI is InChI=1S/C26H27FO4/c1-4-16-29-25-17-21(27)12-15-24(25)26(31-23-8-6-5-7-9-23)19(2)30-18-20-10-13-22(28-3)14-11-20/h4-15,17,19,26H,1,16,18H2,2-3H3/t19?,26-/m0/s1. The first-order valence-corrected chi connectivity index (χ1v) is 10.1. The zero-order valence-corrected chi connectivity index (χ0v) is 17.8. The number of halogens is 1. The van der Waals surface area contributed by atoms with E-state index in [2.05, 4.69) is 6.58 Å². The van der Waals surface area contributed by atoms with Crippen molar-refractivity contribution in [3.63, 3.8) is 0 Å². The number of hydrogen-bond acceptors (Lipinski definition) is 4. The van der Waals surface area contributed by atoms with Crippen LogP contribution in [0.3, 0.4) is 0 Å². The minimum atomic E-state index is -0.513. The van der Waals surface area contributed by atoms with E-state index in [1.54, 1.807) is 19.3 Å². The van der Waals surface area contributed by atoms with Gasteiger partial charge in [0.05, 0.1) is 19.8 Å². The highest BCUT2D eigenvalue weighted by Gasteiger charge is 2.26. The molecule has 4 nitrogen and oxygen atoms in total. The number of methoxy groups -OCH3 is 1. The number of hydrogen-bond donors (Lipinski definition) is 0. The van der Waals surface area contributed by atoms with Crippen molar-refractivity contribution in [1.29, 1.82) is 0 Å². The highest BCUT2D eigenvalue weighted by Crippen LogP contribution is 2.34. The van der Waals surface area contributed by atoms with Gasteiger partial charge < -0.3 is 18.9 Å². The fourth-order valence-corrected chi connectivity index (χ4v) is 3.11. The number of benzene rings is 3. The van der Waals surface area contributed by atoms with E-state index in [0.717, 1.165) is 11.3 Å². The highest BCUT2D eigenvalue weighted by atomic mass is 19.1. The molecule has 0 fully saturated rings. The molecule has 3 aromatic carbocycles. The van der Waals surface area contributed by atoms with Gasteiger partial charge in [0, 0.05) is 11.6 Å². The SMILES string of the molecule is C=CCOc1cc(F)ccc1[C@@H](Oc1ccccc1)C(C)OCc1ccc(OC)cc1. The van der Waals surface area contributed by atoms with Gasteiger partial charge in [-0.25, -0.2) is 4.39 Å². The van der Waals surface area contributed by atoms with Crippen LogP contribution in [0.25, 0.3) is 0 Å². The molecule has 0 saturated carbocycles. The second-order valence-electron chi connectivity index (χ2n) is 7.00. The Morgan fingerprint density at radius 2 is 1.71 bits per heavy atom. The van der Waals surface area contributed by atoms with Crippen LogP contribution in [0.15, 0.2) is 85.5 Å². The topological polar surface area (TPSA) is 36.9 Å². The summed E-state index contributed by atoms with van der Waals surface area (Å²) >= 11 is 0. The van der Waals surface area contributed by atoms with Gasteiger partial charge in [-0.2, -0.15) is 0 Å². The Hall–Kier alpha value is -3.31. The van der Waals surface area contributed by atoms with Crippen LogP contribution >= 0.6 is 0 Å². The summed E-state index contributed by atoms with van der Waals surface area (Å²) in [5.74, 6) is 1.50. The van der Waals surface area contributed by atoms with Gasteiger partial charge in [-0.1, -0.05) is 43.0 Å². The molecule has 5 heteroatoms. The van der Waals surface area contributed by atoms with E-state index in [4.69, 9.17) is 18.9 Å². The second-order valence-corrected chi connectivity index (χ2v) is 7.00. The van der Waals surface area contributed by atoms with E-state index < -0.39 is 6.10 Å².